The van der Waals surface area contributed by atoms with Crippen molar-refractivity contribution in [2.75, 3.05) is 0 Å². The van der Waals surface area contributed by atoms with Gasteiger partial charge in [0.15, 0.2) is 0 Å². The molecule has 0 bridgehead atoms. The maximum absolute atomic E-state index is 5.88. The zero-order chi connectivity index (χ0) is 9.19. The first kappa shape index (κ1) is 10.5. The van der Waals surface area contributed by atoms with Gasteiger partial charge in [-0.05, 0) is 0 Å². The molecular weight excluding hydrogens is 248 g/mol. The Morgan fingerprint density at radius 3 is 2.42 bits per heavy atom. The molecule has 0 aliphatic heterocycles. The third kappa shape index (κ3) is 3.88. The summed E-state index contributed by atoms with van der Waals surface area (Å²) < 4.78 is 0. The third-order valence-electron chi connectivity index (χ3n) is 1.22. The van der Waals surface area contributed by atoms with Crippen molar-refractivity contribution in [2.45, 2.75) is 22.2 Å². The van der Waals surface area contributed by atoms with Crippen LogP contribution in [-0.2, 0) is 0 Å². The van der Waals surface area contributed by atoms with Crippen LogP contribution < -0.4 is 0 Å². The zero-order valence-corrected chi connectivity index (χ0v) is 11.3. The van der Waals surface area contributed by atoms with Crippen LogP contribution in [0.15, 0.2) is 29.2 Å². The number of halogens is 1. The van der Waals surface area contributed by atoms with Crippen LogP contribution in [0.4, 0.5) is 0 Å². The van der Waals surface area contributed by atoms with Gasteiger partial charge in [-0.1, -0.05) is 0 Å². The summed E-state index contributed by atoms with van der Waals surface area (Å²) in [7, 11) is 2.02. The number of rotatable bonds is 2. The van der Waals surface area contributed by atoms with E-state index in [4.69, 9.17) is 11.6 Å². The monoisotopic (exact) mass is 262 g/mol. The molecule has 66 valence electrons. The first-order chi connectivity index (χ1) is 5.47. The molecule has 3 heteroatoms. The molecule has 0 N–H and O–H groups in total. The molecular formula is C9H13ClGeS. The van der Waals surface area contributed by atoms with E-state index in [1.807, 2.05) is 28.3 Å². The fourth-order valence-electron chi connectivity index (χ4n) is 0.884. The number of benzene rings is 1. The topological polar surface area (TPSA) is 0 Å². The summed E-state index contributed by atoms with van der Waals surface area (Å²) in [5.74, 6) is 7.14. The fourth-order valence-corrected chi connectivity index (χ4v) is 7.43. The van der Waals surface area contributed by atoms with Crippen LogP contribution in [0.25, 0.3) is 0 Å². The Bertz CT molecular complexity index is 267. The molecule has 0 heterocycles. The molecule has 0 aliphatic carbocycles. The Hall–Kier alpha value is 0.403. The second kappa shape index (κ2) is 4.07. The van der Waals surface area contributed by atoms with Gasteiger partial charge in [-0.15, -0.1) is 0 Å². The molecule has 0 radical (unpaired) electrons. The van der Waals surface area contributed by atoms with Crippen molar-refractivity contribution in [2.24, 2.45) is 0 Å². The van der Waals surface area contributed by atoms with Gasteiger partial charge in [-0.2, -0.15) is 0 Å². The SMILES string of the molecule is [CH3][Ge]([CH3])([CH3])[S]c1cccc(Cl)c1. The van der Waals surface area contributed by atoms with Gasteiger partial charge in [-0.25, -0.2) is 0 Å². The quantitative estimate of drug-likeness (QED) is 0.716. The zero-order valence-electron chi connectivity index (χ0n) is 7.60. The third-order valence-corrected chi connectivity index (χ3v) is 7.90. The molecule has 0 aromatic heterocycles. The molecule has 0 amide bonds. The Kier molecular flexibility index (Phi) is 3.56. The fraction of sp³-hybridized carbons (Fsp3) is 0.333. The second-order valence-corrected chi connectivity index (χ2v) is 21.3. The van der Waals surface area contributed by atoms with E-state index in [0.29, 0.717) is 0 Å². The van der Waals surface area contributed by atoms with Crippen molar-refractivity contribution in [3.05, 3.63) is 29.3 Å². The summed E-state index contributed by atoms with van der Waals surface area (Å²) in [6, 6.07) is 8.11. The second-order valence-electron chi connectivity index (χ2n) is 3.67. The van der Waals surface area contributed by atoms with E-state index in [9.17, 15) is 0 Å². The minimum absolute atomic E-state index is 0.839. The van der Waals surface area contributed by atoms with Crippen molar-refractivity contribution < 1.29 is 0 Å². The van der Waals surface area contributed by atoms with Gasteiger partial charge in [0.05, 0.1) is 0 Å². The predicted octanol–water partition coefficient (Wildman–Crippen LogP) is 4.27. The molecule has 0 nitrogen and oxygen atoms in total. The standard InChI is InChI=1S/C9H13ClGeS/c1-11(2,3)12-9-6-4-5-8(10)7-9/h4-7H,1-3H3. The summed E-state index contributed by atoms with van der Waals surface area (Å²) in [5, 5.41) is 0.839. The Balaban J connectivity index is 2.77. The van der Waals surface area contributed by atoms with Gasteiger partial charge in [0.25, 0.3) is 0 Å². The van der Waals surface area contributed by atoms with Gasteiger partial charge in [0.2, 0.25) is 0 Å². The van der Waals surface area contributed by atoms with Crippen LogP contribution >= 0.6 is 21.7 Å². The molecule has 1 aromatic rings. The van der Waals surface area contributed by atoms with Crippen LogP contribution in [0.3, 0.4) is 0 Å². The molecule has 0 saturated heterocycles. The van der Waals surface area contributed by atoms with E-state index in [1.54, 1.807) is 0 Å². The molecule has 1 aromatic carbocycles. The summed E-state index contributed by atoms with van der Waals surface area (Å²) in [4.78, 5) is 1.31. The molecule has 12 heavy (non-hydrogen) atoms. The predicted molar refractivity (Wildman–Crippen MR) is 60.7 cm³/mol. The van der Waals surface area contributed by atoms with Crippen LogP contribution in [0.5, 0.6) is 0 Å². The van der Waals surface area contributed by atoms with E-state index in [1.165, 1.54) is 4.90 Å². The van der Waals surface area contributed by atoms with Crippen molar-refractivity contribution in [1.82, 2.24) is 0 Å². The van der Waals surface area contributed by atoms with Crippen molar-refractivity contribution >= 4 is 33.8 Å². The molecule has 0 fully saturated rings. The van der Waals surface area contributed by atoms with E-state index in [2.05, 4.69) is 23.3 Å². The molecule has 1 rings (SSSR count). The van der Waals surface area contributed by atoms with Gasteiger partial charge >= 0.3 is 85.3 Å². The Morgan fingerprint density at radius 2 is 1.92 bits per heavy atom. The normalized spacial score (nSPS) is 11.7. The average Bonchev–Trinajstić information content (AvgIpc) is 1.82. The van der Waals surface area contributed by atoms with Crippen LogP contribution in [0.2, 0.25) is 22.3 Å². The molecule has 0 unspecified atom stereocenters. The summed E-state index contributed by atoms with van der Waals surface area (Å²) >= 11 is 4.36. The first-order valence-electron chi connectivity index (χ1n) is 3.92. The van der Waals surface area contributed by atoms with Gasteiger partial charge in [0.1, 0.15) is 0 Å². The number of hydrogen-bond donors (Lipinski definition) is 0. The molecule has 0 aliphatic rings. The molecule has 0 atom stereocenters. The number of hydrogen-bond acceptors (Lipinski definition) is 1. The van der Waals surface area contributed by atoms with Gasteiger partial charge in [-0.3, -0.25) is 0 Å². The van der Waals surface area contributed by atoms with Crippen LogP contribution in [-0.4, -0.2) is 12.1 Å². The Labute approximate surface area is 85.1 Å². The van der Waals surface area contributed by atoms with Crippen LogP contribution in [0, 0.1) is 0 Å². The van der Waals surface area contributed by atoms with E-state index >= 15 is 0 Å². The summed E-state index contributed by atoms with van der Waals surface area (Å²) in [6.45, 7) is 0. The van der Waals surface area contributed by atoms with Crippen molar-refractivity contribution in [3.63, 3.8) is 0 Å². The summed E-state index contributed by atoms with van der Waals surface area (Å²) in [5.41, 5.74) is 0. The Morgan fingerprint density at radius 1 is 1.25 bits per heavy atom. The first-order valence-corrected chi connectivity index (χ1v) is 14.0. The van der Waals surface area contributed by atoms with E-state index < -0.39 is 12.1 Å². The van der Waals surface area contributed by atoms with E-state index in [-0.39, 0.29) is 0 Å². The maximum atomic E-state index is 5.88. The van der Waals surface area contributed by atoms with Crippen LogP contribution in [0.1, 0.15) is 0 Å². The molecule has 0 saturated carbocycles. The average molecular weight is 261 g/mol. The van der Waals surface area contributed by atoms with Crippen molar-refractivity contribution in [3.8, 4) is 0 Å². The summed E-state index contributed by atoms with van der Waals surface area (Å²) in [6.07, 6.45) is 0. The molecule has 0 spiro atoms. The van der Waals surface area contributed by atoms with Gasteiger partial charge < -0.3 is 0 Å². The van der Waals surface area contributed by atoms with Gasteiger partial charge in [0, 0.05) is 0 Å². The minimum atomic E-state index is -1.52. The van der Waals surface area contributed by atoms with Crippen molar-refractivity contribution in [1.29, 1.82) is 0 Å². The van der Waals surface area contributed by atoms with E-state index in [0.717, 1.165) is 5.02 Å².